The van der Waals surface area contributed by atoms with Crippen LogP contribution < -0.4 is 29.6 Å². The number of rotatable bonds is 8. The van der Waals surface area contributed by atoms with Crippen molar-refractivity contribution in [1.82, 2.24) is 0 Å². The summed E-state index contributed by atoms with van der Waals surface area (Å²) in [5.74, 6) is -2.66. The van der Waals surface area contributed by atoms with E-state index in [1.54, 1.807) is 0 Å². The van der Waals surface area contributed by atoms with Gasteiger partial charge in [-0.25, -0.2) is 0 Å². The molecule has 0 aliphatic heterocycles. The van der Waals surface area contributed by atoms with Crippen LogP contribution >= 0.6 is 0 Å². The summed E-state index contributed by atoms with van der Waals surface area (Å²) in [5.41, 5.74) is 0. The van der Waals surface area contributed by atoms with Crippen LogP contribution in [-0.4, -0.2) is 40.4 Å². The summed E-state index contributed by atoms with van der Waals surface area (Å²) in [7, 11) is -4.84. The molecule has 0 aliphatic carbocycles. The molecule has 0 fully saturated rings. The first kappa shape index (κ1) is 25.8. The Morgan fingerprint density at radius 2 is 1.67 bits per heavy atom. The quantitative estimate of drug-likeness (QED) is 0.290. The fourth-order valence-corrected chi connectivity index (χ4v) is 2.06. The number of carbonyl (C=O) groups is 2. The second kappa shape index (κ2) is 13.5. The first-order chi connectivity index (χ1) is 9.06. The average molecular weight is 334 g/mol. The van der Waals surface area contributed by atoms with Gasteiger partial charge in [-0.2, -0.15) is 20.8 Å². The van der Waals surface area contributed by atoms with Gasteiger partial charge in [0.25, 0.3) is 10.1 Å². The Labute approximate surface area is 148 Å². The molecule has 0 spiro atoms. The van der Waals surface area contributed by atoms with E-state index in [0.717, 1.165) is 5.92 Å². The van der Waals surface area contributed by atoms with Gasteiger partial charge in [0.15, 0.2) is 5.25 Å². The summed E-state index contributed by atoms with van der Waals surface area (Å²) in [6.45, 7) is 6.72. The van der Waals surface area contributed by atoms with Crippen molar-refractivity contribution in [3.05, 3.63) is 6.42 Å². The smallest absolute Gasteiger partial charge is 0.481 e. The molecule has 0 radical (unpaired) electrons. The van der Waals surface area contributed by atoms with E-state index in [-0.39, 0.29) is 29.6 Å². The molecule has 9 heteroatoms. The van der Waals surface area contributed by atoms with Crippen molar-refractivity contribution >= 4 is 22.1 Å². The second-order valence-electron chi connectivity index (χ2n) is 4.35. The van der Waals surface area contributed by atoms with Crippen molar-refractivity contribution in [1.29, 1.82) is 0 Å². The molecule has 0 aromatic rings. The first-order valence-corrected chi connectivity index (χ1v) is 7.80. The minimum atomic E-state index is -4.84. The molecule has 0 saturated heterocycles. The summed E-state index contributed by atoms with van der Waals surface area (Å²) in [5, 5.41) is 13.9. The minimum Gasteiger partial charge on any atom is -0.481 e. The molecule has 0 aromatic carbocycles. The first-order valence-electron chi connectivity index (χ1n) is 6.30. The van der Waals surface area contributed by atoms with Gasteiger partial charge in [-0.1, -0.05) is 33.6 Å². The second-order valence-corrected chi connectivity index (χ2v) is 5.95. The topological polar surface area (TPSA) is 129 Å². The van der Waals surface area contributed by atoms with Crippen LogP contribution in [0.5, 0.6) is 0 Å². The molecule has 3 N–H and O–H groups in total. The van der Waals surface area contributed by atoms with Gasteiger partial charge in [0.05, 0.1) is 6.42 Å². The van der Waals surface area contributed by atoms with E-state index >= 15 is 0 Å². The van der Waals surface area contributed by atoms with Crippen molar-refractivity contribution in [2.24, 2.45) is 5.92 Å². The van der Waals surface area contributed by atoms with E-state index in [2.05, 4.69) is 27.2 Å². The molecule has 21 heavy (non-hydrogen) atoms. The van der Waals surface area contributed by atoms with Crippen molar-refractivity contribution in [3.63, 3.8) is 0 Å². The third kappa shape index (κ3) is 16.1. The molecule has 2 unspecified atom stereocenters. The Bertz CT molecular complexity index is 388. The van der Waals surface area contributed by atoms with Crippen LogP contribution in [0, 0.1) is 12.3 Å². The maximum Gasteiger partial charge on any atom is 1.00 e. The summed E-state index contributed by atoms with van der Waals surface area (Å²) >= 11 is 0. The fourth-order valence-electron chi connectivity index (χ4n) is 1.45. The van der Waals surface area contributed by atoms with E-state index < -0.39 is 33.7 Å². The van der Waals surface area contributed by atoms with Gasteiger partial charge < -0.3 is 16.6 Å². The summed E-state index contributed by atoms with van der Waals surface area (Å²) in [6, 6.07) is 0. The van der Waals surface area contributed by atoms with Crippen LogP contribution in [0.15, 0.2) is 0 Å². The molecule has 0 aromatic heterocycles. The maximum absolute atomic E-state index is 10.2. The number of hydrogen-bond acceptors (Lipinski definition) is 4. The Morgan fingerprint density at radius 3 is 1.86 bits per heavy atom. The predicted octanol–water partition coefficient (Wildman–Crippen LogP) is -1.16. The fraction of sp³-hybridized carbons (Fsp3) is 0.750. The van der Waals surface area contributed by atoms with Gasteiger partial charge in [0.2, 0.25) is 0 Å². The average Bonchev–Trinajstić information content (AvgIpc) is 2.25. The van der Waals surface area contributed by atoms with E-state index in [9.17, 15) is 18.0 Å². The molecule has 7 nitrogen and oxygen atoms in total. The molecule has 0 aliphatic rings. The van der Waals surface area contributed by atoms with Crippen molar-refractivity contribution in [3.8, 4) is 0 Å². The molecule has 0 amide bonds. The maximum atomic E-state index is 10.2. The standard InChI is InChI=1S/C8H17.C4H6O7S.Na/c1-4-6-8(3)7-5-2;5-3(6)1-2(4(7)8)12(9,10)11;/h6,8H,4-5,7H2,1-3H3;2H,1H2,(H,5,6)(H,7,8)(H,9,10,11);/q-1;;+1. The van der Waals surface area contributed by atoms with Crippen molar-refractivity contribution in [2.75, 3.05) is 0 Å². The normalized spacial score (nSPS) is 13.1. The Hall–Kier alpha value is -0.150. The van der Waals surface area contributed by atoms with E-state index in [4.69, 9.17) is 14.8 Å². The van der Waals surface area contributed by atoms with Gasteiger partial charge in [-0.15, -0.1) is 0 Å². The van der Waals surface area contributed by atoms with E-state index in [1.807, 2.05) is 0 Å². The molecule has 120 valence electrons. The van der Waals surface area contributed by atoms with Gasteiger partial charge in [0.1, 0.15) is 0 Å². The summed E-state index contributed by atoms with van der Waals surface area (Å²) in [4.78, 5) is 20.0. The van der Waals surface area contributed by atoms with Crippen LogP contribution in [-0.2, 0) is 19.7 Å². The Balaban J connectivity index is -0.000000317. The molecule has 0 saturated carbocycles. The molecule has 0 bridgehead atoms. The van der Waals surface area contributed by atoms with Crippen LogP contribution in [0.25, 0.3) is 0 Å². The Morgan fingerprint density at radius 1 is 1.19 bits per heavy atom. The third-order valence-electron chi connectivity index (χ3n) is 2.38. The number of carboxylic acid groups (broad SMARTS) is 2. The Kier molecular flexibility index (Phi) is 16.6. The van der Waals surface area contributed by atoms with Crippen LogP contribution in [0.2, 0.25) is 0 Å². The SMILES string of the molecule is CC[CH-]C(C)CCC.O=C(O)CC(C(=O)O)S(=O)(=O)O.[Na+]. The molecular formula is C12H23NaO7S. The largest absolute Gasteiger partial charge is 1.00 e. The van der Waals surface area contributed by atoms with Crippen LogP contribution in [0.4, 0.5) is 0 Å². The van der Waals surface area contributed by atoms with Gasteiger partial charge in [-0.05, 0) is 0 Å². The zero-order valence-corrected chi connectivity index (χ0v) is 15.8. The van der Waals surface area contributed by atoms with E-state index in [1.165, 1.54) is 19.3 Å². The van der Waals surface area contributed by atoms with Gasteiger partial charge >= 0.3 is 41.5 Å². The minimum absolute atomic E-state index is 0. The van der Waals surface area contributed by atoms with Crippen LogP contribution in [0.1, 0.15) is 46.5 Å². The van der Waals surface area contributed by atoms with Crippen LogP contribution in [0.3, 0.4) is 0 Å². The third-order valence-corrected chi connectivity index (χ3v) is 3.46. The molecule has 2 atom stereocenters. The number of hydrogen-bond donors (Lipinski definition) is 3. The molecular weight excluding hydrogens is 311 g/mol. The summed E-state index contributed by atoms with van der Waals surface area (Å²) in [6.07, 6.45) is 5.12. The predicted molar refractivity (Wildman–Crippen MR) is 73.9 cm³/mol. The van der Waals surface area contributed by atoms with Crippen molar-refractivity contribution < 1.29 is 62.3 Å². The van der Waals surface area contributed by atoms with Gasteiger partial charge in [-0.3, -0.25) is 14.1 Å². The van der Waals surface area contributed by atoms with Gasteiger partial charge in [0, 0.05) is 0 Å². The summed E-state index contributed by atoms with van der Waals surface area (Å²) < 4.78 is 28.7. The van der Waals surface area contributed by atoms with Crippen molar-refractivity contribution in [2.45, 2.75) is 51.7 Å². The number of aliphatic carboxylic acids is 2. The number of carboxylic acids is 2. The molecule has 0 heterocycles. The van der Waals surface area contributed by atoms with E-state index in [0.29, 0.717) is 0 Å². The zero-order chi connectivity index (χ0) is 16.3. The zero-order valence-electron chi connectivity index (χ0n) is 12.9. The molecule has 0 rings (SSSR count). The monoisotopic (exact) mass is 334 g/mol.